The van der Waals surface area contributed by atoms with Crippen molar-refractivity contribution in [2.24, 2.45) is 0 Å². The molecule has 0 amide bonds. The van der Waals surface area contributed by atoms with E-state index in [0.29, 0.717) is 22.0 Å². The highest BCUT2D eigenvalue weighted by molar-refractivity contribution is 9.10. The molecule has 1 heterocycles. The van der Waals surface area contributed by atoms with E-state index in [4.69, 9.17) is 21.4 Å². The van der Waals surface area contributed by atoms with Crippen molar-refractivity contribution in [3.05, 3.63) is 45.1 Å². The smallest absolute Gasteiger partial charge is 0.322 e. The maximum Gasteiger partial charge on any atom is 0.322 e. The average Bonchev–Trinajstić information content (AvgIpc) is 2.34. The van der Waals surface area contributed by atoms with Crippen molar-refractivity contribution in [3.63, 3.8) is 0 Å². The molecule has 1 N–H and O–H groups in total. The third-order valence-electron chi connectivity index (χ3n) is 2.32. The van der Waals surface area contributed by atoms with E-state index in [1.807, 2.05) is 6.07 Å². The van der Waals surface area contributed by atoms with Crippen LogP contribution in [0.2, 0.25) is 5.02 Å². The summed E-state index contributed by atoms with van der Waals surface area (Å²) in [6.45, 7) is 1.69. The molecule has 0 atom stereocenters. The molecule has 18 heavy (non-hydrogen) atoms. The molecule has 1 aromatic heterocycles. The number of aliphatic hydroxyl groups is 1. The van der Waals surface area contributed by atoms with E-state index >= 15 is 0 Å². The first kappa shape index (κ1) is 13.3. The molecule has 0 radical (unpaired) electrons. The predicted molar refractivity (Wildman–Crippen MR) is 71.9 cm³/mol. The minimum Gasteiger partial charge on any atom is -0.423 e. The molecule has 0 aliphatic heterocycles. The maximum absolute atomic E-state index is 9.03. The molecule has 0 aliphatic rings. The lowest BCUT2D eigenvalue weighted by molar-refractivity contribution is 0.279. The Labute approximate surface area is 118 Å². The van der Waals surface area contributed by atoms with Crippen molar-refractivity contribution in [1.82, 2.24) is 9.97 Å². The van der Waals surface area contributed by atoms with E-state index in [0.717, 1.165) is 4.47 Å². The number of hydrogen-bond donors (Lipinski definition) is 1. The number of aliphatic hydroxyl groups excluding tert-OH is 1. The number of aryl methyl sites for hydroxylation is 1. The van der Waals surface area contributed by atoms with Gasteiger partial charge in [0.25, 0.3) is 0 Å². The topological polar surface area (TPSA) is 55.2 Å². The fourth-order valence-electron chi connectivity index (χ4n) is 1.33. The summed E-state index contributed by atoms with van der Waals surface area (Å²) in [5, 5.41) is 9.51. The van der Waals surface area contributed by atoms with Crippen LogP contribution < -0.4 is 4.74 Å². The van der Waals surface area contributed by atoms with Crippen LogP contribution in [0.15, 0.2) is 28.9 Å². The van der Waals surface area contributed by atoms with Crippen LogP contribution in [0.3, 0.4) is 0 Å². The molecule has 0 saturated heterocycles. The molecule has 2 aromatic rings. The Balaban J connectivity index is 2.28. The molecule has 1 aromatic carbocycles. The molecule has 0 unspecified atom stereocenters. The van der Waals surface area contributed by atoms with Crippen molar-refractivity contribution >= 4 is 27.5 Å². The fourth-order valence-corrected chi connectivity index (χ4v) is 1.83. The predicted octanol–water partition coefficient (Wildman–Crippen LogP) is 3.49. The van der Waals surface area contributed by atoms with Gasteiger partial charge in [0.05, 0.1) is 17.3 Å². The van der Waals surface area contributed by atoms with Crippen molar-refractivity contribution in [2.45, 2.75) is 13.5 Å². The summed E-state index contributed by atoms with van der Waals surface area (Å²) in [6, 6.07) is 5.47. The highest BCUT2D eigenvalue weighted by Crippen LogP contribution is 2.30. The molecular weight excluding hydrogens is 320 g/mol. The van der Waals surface area contributed by atoms with Crippen LogP contribution >= 0.6 is 27.5 Å². The molecule has 2 rings (SSSR count). The second-order valence-corrected chi connectivity index (χ2v) is 4.92. The summed E-state index contributed by atoms with van der Waals surface area (Å²) in [4.78, 5) is 8.15. The van der Waals surface area contributed by atoms with Gasteiger partial charge in [-0.2, -0.15) is 4.98 Å². The monoisotopic (exact) mass is 328 g/mol. The largest absolute Gasteiger partial charge is 0.423 e. The fraction of sp³-hybridized carbons (Fsp3) is 0.167. The molecule has 0 saturated carbocycles. The highest BCUT2D eigenvalue weighted by atomic mass is 79.9. The van der Waals surface area contributed by atoms with Gasteiger partial charge in [-0.1, -0.05) is 27.5 Å². The zero-order valence-electron chi connectivity index (χ0n) is 9.52. The lowest BCUT2D eigenvalue weighted by atomic mass is 10.3. The maximum atomic E-state index is 9.03. The Hall–Kier alpha value is -1.17. The lowest BCUT2D eigenvalue weighted by Gasteiger charge is -2.08. The third-order valence-corrected chi connectivity index (χ3v) is 3.13. The quantitative estimate of drug-likeness (QED) is 0.936. The summed E-state index contributed by atoms with van der Waals surface area (Å²) in [5.41, 5.74) is 1.34. The highest BCUT2D eigenvalue weighted by Gasteiger charge is 2.08. The second kappa shape index (κ2) is 5.65. The van der Waals surface area contributed by atoms with Crippen molar-refractivity contribution in [2.75, 3.05) is 0 Å². The van der Waals surface area contributed by atoms with Crippen LogP contribution in [0.25, 0.3) is 0 Å². The van der Waals surface area contributed by atoms with E-state index < -0.39 is 0 Å². The molecule has 6 heteroatoms. The van der Waals surface area contributed by atoms with E-state index in [9.17, 15) is 0 Å². The van der Waals surface area contributed by atoms with Crippen LogP contribution in [0.5, 0.6) is 11.8 Å². The first-order valence-electron chi connectivity index (χ1n) is 5.16. The van der Waals surface area contributed by atoms with Gasteiger partial charge in [0, 0.05) is 16.2 Å². The number of nitrogens with zero attached hydrogens (tertiary/aromatic N) is 2. The summed E-state index contributed by atoms with van der Waals surface area (Å²) < 4.78 is 6.36. The molecule has 0 aliphatic carbocycles. The van der Waals surface area contributed by atoms with Crippen molar-refractivity contribution in [3.8, 4) is 11.8 Å². The third kappa shape index (κ3) is 2.98. The summed E-state index contributed by atoms with van der Waals surface area (Å²) in [6.07, 6.45) is 1.53. The van der Waals surface area contributed by atoms with Crippen LogP contribution in [-0.2, 0) is 6.61 Å². The molecule has 0 bridgehead atoms. The number of halogens is 2. The molecule has 94 valence electrons. The number of rotatable bonds is 3. The number of ether oxygens (including phenoxy) is 1. The minimum atomic E-state index is -0.0935. The van der Waals surface area contributed by atoms with Crippen molar-refractivity contribution in [1.29, 1.82) is 0 Å². The van der Waals surface area contributed by atoms with E-state index in [1.165, 1.54) is 6.20 Å². The normalized spacial score (nSPS) is 10.4. The van der Waals surface area contributed by atoms with Gasteiger partial charge in [-0.15, -0.1) is 0 Å². The van der Waals surface area contributed by atoms with E-state index in [2.05, 4.69) is 25.9 Å². The number of aromatic nitrogens is 2. The van der Waals surface area contributed by atoms with Gasteiger partial charge >= 0.3 is 6.01 Å². The number of hydrogen-bond acceptors (Lipinski definition) is 4. The minimum absolute atomic E-state index is 0.0935. The van der Waals surface area contributed by atoms with Gasteiger partial charge in [-0.3, -0.25) is 0 Å². The van der Waals surface area contributed by atoms with Gasteiger partial charge in [0.1, 0.15) is 0 Å². The Morgan fingerprint density at radius 2 is 2.22 bits per heavy atom. The average molecular weight is 330 g/mol. The molecular formula is C12H10BrClN2O2. The van der Waals surface area contributed by atoms with Crippen LogP contribution in [0.4, 0.5) is 0 Å². The standard InChI is InChI=1S/C12H10BrClN2O2/c1-7-8(6-17)5-15-12(16-7)18-11-4-9(13)2-3-10(11)14/h2-5,17H,6H2,1H3. The second-order valence-electron chi connectivity index (χ2n) is 3.60. The van der Waals surface area contributed by atoms with Gasteiger partial charge in [0.2, 0.25) is 0 Å². The first-order chi connectivity index (χ1) is 8.60. The Bertz CT molecular complexity index is 578. The molecule has 0 fully saturated rings. The molecule has 0 spiro atoms. The van der Waals surface area contributed by atoms with Crippen LogP contribution in [0, 0.1) is 6.92 Å². The van der Waals surface area contributed by atoms with Gasteiger partial charge < -0.3 is 9.84 Å². The van der Waals surface area contributed by atoms with Crippen LogP contribution in [0.1, 0.15) is 11.3 Å². The van der Waals surface area contributed by atoms with Crippen molar-refractivity contribution < 1.29 is 9.84 Å². The SMILES string of the molecule is Cc1nc(Oc2cc(Br)ccc2Cl)ncc1CO. The van der Waals surface area contributed by atoms with E-state index in [-0.39, 0.29) is 12.6 Å². The summed E-state index contributed by atoms with van der Waals surface area (Å²) in [5.74, 6) is 0.474. The first-order valence-corrected chi connectivity index (χ1v) is 6.33. The summed E-state index contributed by atoms with van der Waals surface area (Å²) in [7, 11) is 0. The molecule has 4 nitrogen and oxygen atoms in total. The van der Waals surface area contributed by atoms with Crippen LogP contribution in [-0.4, -0.2) is 15.1 Å². The Morgan fingerprint density at radius 1 is 1.44 bits per heavy atom. The Kier molecular flexibility index (Phi) is 4.16. The zero-order chi connectivity index (χ0) is 13.1. The van der Waals surface area contributed by atoms with Gasteiger partial charge in [0.15, 0.2) is 5.75 Å². The lowest BCUT2D eigenvalue weighted by Crippen LogP contribution is -1.98. The zero-order valence-corrected chi connectivity index (χ0v) is 11.9. The number of benzene rings is 1. The van der Waals surface area contributed by atoms with Gasteiger partial charge in [-0.25, -0.2) is 4.98 Å². The van der Waals surface area contributed by atoms with E-state index in [1.54, 1.807) is 19.1 Å². The van der Waals surface area contributed by atoms with Gasteiger partial charge in [-0.05, 0) is 25.1 Å². The summed E-state index contributed by atoms with van der Waals surface area (Å²) >= 11 is 9.34. The Morgan fingerprint density at radius 3 is 2.89 bits per heavy atom.